The molecule has 3 nitrogen and oxygen atoms in total. The first kappa shape index (κ1) is 13.9. The topological polar surface area (TPSA) is 50.9 Å². The van der Waals surface area contributed by atoms with Crippen molar-refractivity contribution in [1.29, 1.82) is 0 Å². The van der Waals surface area contributed by atoms with Gasteiger partial charge in [0.2, 0.25) is 0 Å². The number of pyridine rings is 1. The molecule has 0 aromatic carbocycles. The van der Waals surface area contributed by atoms with Gasteiger partial charge in [-0.15, -0.1) is 0 Å². The summed E-state index contributed by atoms with van der Waals surface area (Å²) >= 11 is 5.00. The third-order valence-corrected chi connectivity index (χ3v) is 2.96. The Morgan fingerprint density at radius 1 is 1.47 bits per heavy atom. The Bertz CT molecular complexity index is 390. The van der Waals surface area contributed by atoms with Gasteiger partial charge in [0.15, 0.2) is 0 Å². The Morgan fingerprint density at radius 3 is 2.71 bits per heavy atom. The summed E-state index contributed by atoms with van der Waals surface area (Å²) in [5.41, 5.74) is 7.46. The molecule has 0 aliphatic rings. The highest BCUT2D eigenvalue weighted by atomic mass is 32.1. The van der Waals surface area contributed by atoms with Crippen molar-refractivity contribution in [1.82, 2.24) is 4.98 Å². The number of nitrogens with two attached hydrogens (primary N) is 1. The molecule has 4 heteroatoms. The number of anilines is 1. The van der Waals surface area contributed by atoms with Crippen molar-refractivity contribution in [2.24, 2.45) is 5.73 Å². The van der Waals surface area contributed by atoms with Crippen LogP contribution in [0.25, 0.3) is 0 Å². The van der Waals surface area contributed by atoms with Crippen molar-refractivity contribution in [3.05, 3.63) is 23.4 Å². The van der Waals surface area contributed by atoms with Crippen LogP contribution in [-0.4, -0.2) is 16.0 Å². The molecule has 0 saturated heterocycles. The minimum atomic E-state index is 0.419. The van der Waals surface area contributed by atoms with Crippen molar-refractivity contribution in [2.75, 3.05) is 5.32 Å². The monoisotopic (exact) mass is 251 g/mol. The fourth-order valence-electron chi connectivity index (χ4n) is 1.82. The lowest BCUT2D eigenvalue weighted by molar-refractivity contribution is 0.620. The number of nitrogens with one attached hydrogen (secondary N) is 1. The van der Waals surface area contributed by atoms with Crippen LogP contribution in [0.3, 0.4) is 0 Å². The molecule has 0 saturated carbocycles. The summed E-state index contributed by atoms with van der Waals surface area (Å²) in [4.78, 5) is 4.88. The van der Waals surface area contributed by atoms with Crippen LogP contribution in [0.15, 0.2) is 12.1 Å². The molecule has 0 aliphatic heterocycles. The van der Waals surface area contributed by atoms with Crippen LogP contribution in [0.2, 0.25) is 0 Å². The molecular weight excluding hydrogens is 230 g/mol. The average Bonchev–Trinajstić information content (AvgIpc) is 2.27. The van der Waals surface area contributed by atoms with Crippen LogP contribution in [0.5, 0.6) is 0 Å². The lowest BCUT2D eigenvalue weighted by atomic mass is 10.1. The summed E-state index contributed by atoms with van der Waals surface area (Å²) < 4.78 is 0. The minimum absolute atomic E-state index is 0.419. The Kier molecular flexibility index (Phi) is 5.35. The van der Waals surface area contributed by atoms with Gasteiger partial charge in [-0.25, -0.2) is 4.98 Å². The second kappa shape index (κ2) is 6.55. The highest BCUT2D eigenvalue weighted by molar-refractivity contribution is 7.80. The molecular formula is C13H21N3S. The normalized spacial score (nSPS) is 12.2. The van der Waals surface area contributed by atoms with Crippen molar-refractivity contribution in [3.63, 3.8) is 0 Å². The quantitative estimate of drug-likeness (QED) is 0.763. The summed E-state index contributed by atoms with van der Waals surface area (Å²) in [6.45, 7) is 6.32. The highest BCUT2D eigenvalue weighted by Crippen LogP contribution is 2.14. The van der Waals surface area contributed by atoms with Gasteiger partial charge in [0, 0.05) is 17.3 Å². The fourth-order valence-corrected chi connectivity index (χ4v) is 1.94. The SMILES string of the molecule is CCCC(CC)Nc1cc(C(N)=S)cc(C)n1. The molecule has 1 aromatic rings. The molecule has 0 aliphatic carbocycles. The van der Waals surface area contributed by atoms with E-state index in [1.165, 1.54) is 6.42 Å². The summed E-state index contributed by atoms with van der Waals surface area (Å²) in [5.74, 6) is 0.869. The lowest BCUT2D eigenvalue weighted by Crippen LogP contribution is -2.20. The minimum Gasteiger partial charge on any atom is -0.389 e. The zero-order valence-corrected chi connectivity index (χ0v) is 11.6. The maximum atomic E-state index is 5.65. The van der Waals surface area contributed by atoms with Gasteiger partial charge in [0.05, 0.1) is 0 Å². The molecule has 1 unspecified atom stereocenters. The van der Waals surface area contributed by atoms with Crippen LogP contribution < -0.4 is 11.1 Å². The van der Waals surface area contributed by atoms with Crippen LogP contribution in [0.1, 0.15) is 44.4 Å². The van der Waals surface area contributed by atoms with E-state index in [0.717, 1.165) is 29.9 Å². The molecule has 0 amide bonds. The number of aromatic nitrogens is 1. The summed E-state index contributed by atoms with van der Waals surface area (Å²) in [7, 11) is 0. The van der Waals surface area contributed by atoms with E-state index in [2.05, 4.69) is 24.1 Å². The van der Waals surface area contributed by atoms with E-state index in [4.69, 9.17) is 18.0 Å². The van der Waals surface area contributed by atoms with E-state index in [1.54, 1.807) is 0 Å². The Morgan fingerprint density at radius 2 is 2.18 bits per heavy atom. The van der Waals surface area contributed by atoms with Crippen LogP contribution in [-0.2, 0) is 0 Å². The molecule has 0 spiro atoms. The molecule has 1 atom stereocenters. The Balaban J connectivity index is 2.86. The van der Waals surface area contributed by atoms with Crippen molar-refractivity contribution >= 4 is 23.0 Å². The molecule has 0 fully saturated rings. The van der Waals surface area contributed by atoms with Gasteiger partial charge in [-0.3, -0.25) is 0 Å². The Hall–Kier alpha value is -1.16. The van der Waals surface area contributed by atoms with Gasteiger partial charge < -0.3 is 11.1 Å². The summed E-state index contributed by atoms with van der Waals surface area (Å²) in [6, 6.07) is 4.30. The Labute approximate surface area is 109 Å². The molecule has 0 bridgehead atoms. The number of aryl methyl sites for hydroxylation is 1. The van der Waals surface area contributed by atoms with E-state index < -0.39 is 0 Å². The number of hydrogen-bond donors (Lipinski definition) is 2. The number of hydrogen-bond acceptors (Lipinski definition) is 3. The van der Waals surface area contributed by atoms with Gasteiger partial charge in [-0.05, 0) is 31.9 Å². The first-order valence-corrected chi connectivity index (χ1v) is 6.52. The van der Waals surface area contributed by atoms with Crippen molar-refractivity contribution in [3.8, 4) is 0 Å². The third kappa shape index (κ3) is 4.30. The number of thiocarbonyl (C=S) groups is 1. The largest absolute Gasteiger partial charge is 0.389 e. The van der Waals surface area contributed by atoms with Gasteiger partial charge in [-0.1, -0.05) is 32.5 Å². The smallest absolute Gasteiger partial charge is 0.127 e. The molecule has 3 N–H and O–H groups in total. The zero-order chi connectivity index (χ0) is 12.8. The molecule has 1 heterocycles. The predicted molar refractivity (Wildman–Crippen MR) is 77.5 cm³/mol. The average molecular weight is 251 g/mol. The number of rotatable bonds is 6. The second-order valence-corrected chi connectivity index (χ2v) is 4.72. The molecule has 0 radical (unpaired) electrons. The van der Waals surface area contributed by atoms with E-state index in [1.807, 2.05) is 19.1 Å². The standard InChI is InChI=1S/C13H21N3S/c1-4-6-11(5-2)16-12-8-10(13(14)17)7-9(3)15-12/h7-8,11H,4-6H2,1-3H3,(H2,14,17)(H,15,16). The van der Waals surface area contributed by atoms with Gasteiger partial charge >= 0.3 is 0 Å². The highest BCUT2D eigenvalue weighted by Gasteiger charge is 2.07. The molecule has 1 rings (SSSR count). The maximum absolute atomic E-state index is 5.65. The number of nitrogens with zero attached hydrogens (tertiary/aromatic N) is 1. The van der Waals surface area contributed by atoms with E-state index in [-0.39, 0.29) is 0 Å². The van der Waals surface area contributed by atoms with Gasteiger partial charge in [-0.2, -0.15) is 0 Å². The fraction of sp³-hybridized carbons (Fsp3) is 0.538. The van der Waals surface area contributed by atoms with Crippen LogP contribution in [0.4, 0.5) is 5.82 Å². The first-order valence-electron chi connectivity index (χ1n) is 6.11. The van der Waals surface area contributed by atoms with E-state index in [0.29, 0.717) is 11.0 Å². The molecule has 1 aromatic heterocycles. The summed E-state index contributed by atoms with van der Waals surface area (Å²) in [5, 5.41) is 3.44. The van der Waals surface area contributed by atoms with Gasteiger partial charge in [0.25, 0.3) is 0 Å². The molecule has 94 valence electrons. The third-order valence-electron chi connectivity index (χ3n) is 2.72. The van der Waals surface area contributed by atoms with Crippen LogP contribution in [0, 0.1) is 6.92 Å². The second-order valence-electron chi connectivity index (χ2n) is 4.28. The predicted octanol–water partition coefficient (Wildman–Crippen LogP) is 3.01. The van der Waals surface area contributed by atoms with Gasteiger partial charge in [0.1, 0.15) is 10.8 Å². The lowest BCUT2D eigenvalue weighted by Gasteiger charge is -2.17. The van der Waals surface area contributed by atoms with Crippen molar-refractivity contribution in [2.45, 2.75) is 46.1 Å². The van der Waals surface area contributed by atoms with Crippen molar-refractivity contribution < 1.29 is 0 Å². The van der Waals surface area contributed by atoms with E-state index in [9.17, 15) is 0 Å². The molecule has 17 heavy (non-hydrogen) atoms. The zero-order valence-electron chi connectivity index (χ0n) is 10.8. The first-order chi connectivity index (χ1) is 8.06. The van der Waals surface area contributed by atoms with Crippen LogP contribution >= 0.6 is 12.2 Å². The summed E-state index contributed by atoms with van der Waals surface area (Å²) in [6.07, 6.45) is 3.40. The maximum Gasteiger partial charge on any atom is 0.127 e. The van der Waals surface area contributed by atoms with E-state index >= 15 is 0 Å².